The Labute approximate surface area is 190 Å². The lowest BCUT2D eigenvalue weighted by Gasteiger charge is -2.30. The zero-order valence-corrected chi connectivity index (χ0v) is 19.5. The van der Waals surface area contributed by atoms with Crippen LogP contribution in [0.25, 0.3) is 0 Å². The maximum absolute atomic E-state index is 12.9. The van der Waals surface area contributed by atoms with Crippen LogP contribution in [0.2, 0.25) is 0 Å². The first kappa shape index (κ1) is 23.4. The van der Waals surface area contributed by atoms with Crippen LogP contribution < -0.4 is 15.4 Å². The molecule has 0 saturated heterocycles. The van der Waals surface area contributed by atoms with Crippen LogP contribution in [0.1, 0.15) is 61.9 Å². The molecule has 170 valence electrons. The first-order chi connectivity index (χ1) is 15.3. The van der Waals surface area contributed by atoms with Gasteiger partial charge in [0, 0.05) is 5.70 Å². The largest absolute Gasteiger partial charge is 0.489 e. The summed E-state index contributed by atoms with van der Waals surface area (Å²) in [6, 6.07) is 12.8. The number of carbonyl (C=O) groups is 2. The van der Waals surface area contributed by atoms with Gasteiger partial charge in [0.1, 0.15) is 12.4 Å². The Morgan fingerprint density at radius 2 is 1.91 bits per heavy atom. The van der Waals surface area contributed by atoms with Crippen LogP contribution in [0.15, 0.2) is 53.7 Å². The van der Waals surface area contributed by atoms with Gasteiger partial charge in [-0.1, -0.05) is 49.2 Å². The van der Waals surface area contributed by atoms with Crippen molar-refractivity contribution in [2.75, 3.05) is 0 Å². The van der Waals surface area contributed by atoms with E-state index in [2.05, 4.69) is 42.7 Å². The standard InChI is InChI=1S/C26H32N2O4/c1-6-8-22-23(25(29)32-16(2)3)24(28-26(30)27-22)19-9-7-10-21(14-19)31-15-20-13-17(4)11-12-18(20)5/h7,9-14,16,24H,6,8,15H2,1-5H3,(H2,27,28,30). The van der Waals surface area contributed by atoms with Crippen LogP contribution in [0.3, 0.4) is 0 Å². The molecule has 0 bridgehead atoms. The number of aryl methyl sites for hydroxylation is 2. The average molecular weight is 437 g/mol. The van der Waals surface area contributed by atoms with E-state index in [9.17, 15) is 9.59 Å². The summed E-state index contributed by atoms with van der Waals surface area (Å²) in [6.07, 6.45) is 1.11. The molecule has 1 heterocycles. The summed E-state index contributed by atoms with van der Waals surface area (Å²) in [5.74, 6) is 0.243. The van der Waals surface area contributed by atoms with E-state index in [4.69, 9.17) is 9.47 Å². The van der Waals surface area contributed by atoms with Gasteiger partial charge in [0.05, 0.1) is 17.7 Å². The van der Waals surface area contributed by atoms with Crippen molar-refractivity contribution >= 4 is 12.0 Å². The highest BCUT2D eigenvalue weighted by atomic mass is 16.5. The van der Waals surface area contributed by atoms with Crippen LogP contribution in [-0.2, 0) is 16.1 Å². The number of esters is 1. The number of urea groups is 1. The lowest BCUT2D eigenvalue weighted by molar-refractivity contribution is -0.143. The first-order valence-corrected chi connectivity index (χ1v) is 11.1. The van der Waals surface area contributed by atoms with E-state index in [1.807, 2.05) is 45.0 Å². The minimum atomic E-state index is -0.610. The molecule has 6 nitrogen and oxygen atoms in total. The normalized spacial score (nSPS) is 15.9. The molecule has 0 aromatic heterocycles. The highest BCUT2D eigenvalue weighted by molar-refractivity contribution is 5.95. The molecule has 32 heavy (non-hydrogen) atoms. The molecule has 6 heteroatoms. The Morgan fingerprint density at radius 1 is 1.12 bits per heavy atom. The van der Waals surface area contributed by atoms with E-state index in [0.717, 1.165) is 17.5 Å². The highest BCUT2D eigenvalue weighted by Crippen LogP contribution is 2.31. The van der Waals surface area contributed by atoms with Crippen molar-refractivity contribution < 1.29 is 19.1 Å². The summed E-state index contributed by atoms with van der Waals surface area (Å²) >= 11 is 0. The quantitative estimate of drug-likeness (QED) is 0.555. The Hall–Kier alpha value is -3.28. The maximum atomic E-state index is 12.9. The molecule has 1 atom stereocenters. The van der Waals surface area contributed by atoms with Gasteiger partial charge < -0.3 is 20.1 Å². The summed E-state index contributed by atoms with van der Waals surface area (Å²) < 4.78 is 11.6. The van der Waals surface area contributed by atoms with Crippen molar-refractivity contribution in [3.8, 4) is 5.75 Å². The SMILES string of the molecule is CCCC1=C(C(=O)OC(C)C)C(c2cccc(OCc3cc(C)ccc3C)c2)NC(=O)N1. The number of rotatable bonds is 8. The van der Waals surface area contributed by atoms with E-state index < -0.39 is 12.0 Å². The second-order valence-corrected chi connectivity index (χ2v) is 8.42. The Kier molecular flexibility index (Phi) is 7.57. The van der Waals surface area contributed by atoms with Crippen molar-refractivity contribution in [2.24, 2.45) is 0 Å². The molecule has 1 aliphatic rings. The third-order valence-corrected chi connectivity index (χ3v) is 5.31. The van der Waals surface area contributed by atoms with E-state index in [1.54, 1.807) is 0 Å². The van der Waals surface area contributed by atoms with Crippen LogP contribution >= 0.6 is 0 Å². The lowest BCUT2D eigenvalue weighted by atomic mass is 9.93. The molecule has 0 spiro atoms. The fourth-order valence-corrected chi connectivity index (χ4v) is 3.73. The van der Waals surface area contributed by atoms with Gasteiger partial charge in [0.15, 0.2) is 0 Å². The monoisotopic (exact) mass is 436 g/mol. The van der Waals surface area contributed by atoms with E-state index in [-0.39, 0.29) is 12.1 Å². The third-order valence-electron chi connectivity index (χ3n) is 5.31. The van der Waals surface area contributed by atoms with Gasteiger partial charge in [0.25, 0.3) is 0 Å². The molecule has 2 N–H and O–H groups in total. The van der Waals surface area contributed by atoms with E-state index in [0.29, 0.717) is 30.0 Å². The maximum Gasteiger partial charge on any atom is 0.338 e. The van der Waals surface area contributed by atoms with E-state index in [1.165, 1.54) is 11.1 Å². The summed E-state index contributed by atoms with van der Waals surface area (Å²) in [7, 11) is 0. The molecule has 0 radical (unpaired) electrons. The zero-order valence-electron chi connectivity index (χ0n) is 19.5. The zero-order chi connectivity index (χ0) is 23.3. The number of allylic oxidation sites excluding steroid dienone is 1. The molecule has 0 saturated carbocycles. The minimum absolute atomic E-state index is 0.261. The predicted octanol–water partition coefficient (Wildman–Crippen LogP) is 5.24. The number of benzene rings is 2. The average Bonchev–Trinajstić information content (AvgIpc) is 2.74. The van der Waals surface area contributed by atoms with Gasteiger partial charge in [-0.25, -0.2) is 9.59 Å². The van der Waals surface area contributed by atoms with Gasteiger partial charge in [0.2, 0.25) is 0 Å². The topological polar surface area (TPSA) is 76.7 Å². The van der Waals surface area contributed by atoms with Crippen LogP contribution in [0.5, 0.6) is 5.75 Å². The number of hydrogen-bond acceptors (Lipinski definition) is 4. The fraction of sp³-hybridized carbons (Fsp3) is 0.385. The third kappa shape index (κ3) is 5.69. The summed E-state index contributed by atoms with van der Waals surface area (Å²) in [5, 5.41) is 5.67. The van der Waals surface area contributed by atoms with Crippen molar-refractivity contribution in [1.29, 1.82) is 0 Å². The van der Waals surface area contributed by atoms with Gasteiger partial charge in [-0.05, 0) is 62.9 Å². The Balaban J connectivity index is 1.90. The second kappa shape index (κ2) is 10.4. The molecule has 0 fully saturated rings. The summed E-state index contributed by atoms with van der Waals surface area (Å²) in [4.78, 5) is 25.3. The molecule has 0 aliphatic carbocycles. The molecule has 3 rings (SSSR count). The van der Waals surface area contributed by atoms with Crippen molar-refractivity contribution in [3.63, 3.8) is 0 Å². The Bertz CT molecular complexity index is 1030. The van der Waals surface area contributed by atoms with E-state index >= 15 is 0 Å². The predicted molar refractivity (Wildman–Crippen MR) is 124 cm³/mol. The fourth-order valence-electron chi connectivity index (χ4n) is 3.73. The number of carbonyl (C=O) groups excluding carboxylic acids is 2. The molecular formula is C26H32N2O4. The molecule has 1 unspecified atom stereocenters. The number of hydrogen-bond donors (Lipinski definition) is 2. The summed E-state index contributed by atoms with van der Waals surface area (Å²) in [6.45, 7) is 10.2. The van der Waals surface area contributed by atoms with Gasteiger partial charge >= 0.3 is 12.0 Å². The molecular weight excluding hydrogens is 404 g/mol. The van der Waals surface area contributed by atoms with Gasteiger partial charge in [-0.15, -0.1) is 0 Å². The van der Waals surface area contributed by atoms with Crippen LogP contribution in [0, 0.1) is 13.8 Å². The van der Waals surface area contributed by atoms with Crippen LogP contribution in [-0.4, -0.2) is 18.1 Å². The number of nitrogens with one attached hydrogen (secondary N) is 2. The molecule has 2 aromatic carbocycles. The highest BCUT2D eigenvalue weighted by Gasteiger charge is 2.34. The smallest absolute Gasteiger partial charge is 0.338 e. The minimum Gasteiger partial charge on any atom is -0.489 e. The molecule has 2 aromatic rings. The van der Waals surface area contributed by atoms with Gasteiger partial charge in [-0.3, -0.25) is 0 Å². The first-order valence-electron chi connectivity index (χ1n) is 11.1. The number of ether oxygens (including phenoxy) is 2. The lowest BCUT2D eigenvalue weighted by Crippen LogP contribution is -2.46. The van der Waals surface area contributed by atoms with Crippen molar-refractivity contribution in [3.05, 3.63) is 76.0 Å². The van der Waals surface area contributed by atoms with Gasteiger partial charge in [-0.2, -0.15) is 0 Å². The molecule has 1 aliphatic heterocycles. The second-order valence-electron chi connectivity index (χ2n) is 8.42. The number of amides is 2. The van der Waals surface area contributed by atoms with Crippen LogP contribution in [0.4, 0.5) is 4.79 Å². The Morgan fingerprint density at radius 3 is 2.62 bits per heavy atom. The van der Waals surface area contributed by atoms with Crippen molar-refractivity contribution in [2.45, 2.75) is 66.2 Å². The molecule has 2 amide bonds. The van der Waals surface area contributed by atoms with Crippen molar-refractivity contribution in [1.82, 2.24) is 10.6 Å². The summed E-state index contributed by atoms with van der Waals surface area (Å²) in [5.41, 5.74) is 5.28.